The number of piperidine rings is 2. The van der Waals surface area contributed by atoms with Crippen LogP contribution in [0, 0.1) is 5.92 Å². The maximum absolute atomic E-state index is 13.6. The Kier molecular flexibility index (Phi) is 7.90. The minimum absolute atomic E-state index is 0.0897. The number of benzene rings is 2. The zero-order valence-electron chi connectivity index (χ0n) is 23.4. The minimum Gasteiger partial charge on any atom is -0.324 e. The molecule has 2 aromatic carbocycles. The van der Waals surface area contributed by atoms with Crippen LogP contribution < -0.4 is 10.2 Å². The van der Waals surface area contributed by atoms with E-state index in [1.165, 1.54) is 14.9 Å². The first-order chi connectivity index (χ1) is 20.1. The molecular weight excluding hydrogens is 597 g/mol. The number of carbonyl (C=O) groups excluding carboxylic acids is 2. The smallest absolute Gasteiger partial charge is 0.258 e. The molecule has 3 aliphatic rings. The lowest BCUT2D eigenvalue weighted by Crippen LogP contribution is -2.49. The first-order valence-corrected chi connectivity index (χ1v) is 18.4. The van der Waals surface area contributed by atoms with Crippen LogP contribution in [-0.2, 0) is 24.8 Å². The predicted molar refractivity (Wildman–Crippen MR) is 164 cm³/mol. The lowest BCUT2D eigenvalue weighted by atomic mass is 9.94. The summed E-state index contributed by atoms with van der Waals surface area (Å²) < 4.78 is 53.4. The second-order valence-electron chi connectivity index (χ2n) is 11.3. The van der Waals surface area contributed by atoms with E-state index in [1.807, 2.05) is 12.1 Å². The highest BCUT2D eigenvalue weighted by Crippen LogP contribution is 2.41. The highest BCUT2D eigenvalue weighted by atomic mass is 32.2. The molecule has 3 aromatic rings. The van der Waals surface area contributed by atoms with E-state index in [4.69, 9.17) is 0 Å². The SMILES string of the molecule is CS(=O)(=O)N1CCC(CCN2C(=O)c3cccc4c(NC(=O)C5CCCCN5S(=O)(=O)c5cccs5)ccc2c34)CC1. The summed E-state index contributed by atoms with van der Waals surface area (Å²) in [7, 11) is -6.97. The van der Waals surface area contributed by atoms with Crippen molar-refractivity contribution >= 4 is 65.3 Å². The summed E-state index contributed by atoms with van der Waals surface area (Å²) in [4.78, 5) is 28.8. The molecule has 1 unspecified atom stereocenters. The second-order valence-corrected chi connectivity index (χ2v) is 16.3. The topological polar surface area (TPSA) is 124 Å². The van der Waals surface area contributed by atoms with Gasteiger partial charge in [0, 0.05) is 48.2 Å². The van der Waals surface area contributed by atoms with Crippen molar-refractivity contribution in [1.82, 2.24) is 8.61 Å². The third-order valence-corrected chi connectivity index (χ3v) is 13.2. The molecule has 10 nitrogen and oxygen atoms in total. The molecule has 13 heteroatoms. The van der Waals surface area contributed by atoms with Crippen molar-refractivity contribution < 1.29 is 26.4 Å². The van der Waals surface area contributed by atoms with Gasteiger partial charge in [-0.2, -0.15) is 4.31 Å². The Morgan fingerprint density at radius 2 is 1.76 bits per heavy atom. The normalized spacial score (nSPS) is 20.8. The van der Waals surface area contributed by atoms with Crippen LogP contribution in [0.25, 0.3) is 10.8 Å². The van der Waals surface area contributed by atoms with Gasteiger partial charge >= 0.3 is 0 Å². The molecule has 0 radical (unpaired) electrons. The van der Waals surface area contributed by atoms with Crippen molar-refractivity contribution in [3.63, 3.8) is 0 Å². The molecule has 6 rings (SSSR count). The second kappa shape index (κ2) is 11.3. The third kappa shape index (κ3) is 5.37. The Hall–Kier alpha value is -2.84. The maximum Gasteiger partial charge on any atom is 0.258 e. The van der Waals surface area contributed by atoms with Crippen LogP contribution in [0.4, 0.5) is 11.4 Å². The average Bonchev–Trinajstić information content (AvgIpc) is 3.62. The predicted octanol–water partition coefficient (Wildman–Crippen LogP) is 4.11. The zero-order chi connectivity index (χ0) is 29.6. The molecule has 0 bridgehead atoms. The lowest BCUT2D eigenvalue weighted by Gasteiger charge is -2.33. The molecule has 1 N–H and O–H groups in total. The molecule has 3 aliphatic heterocycles. The van der Waals surface area contributed by atoms with Crippen molar-refractivity contribution in [3.8, 4) is 0 Å². The molecule has 2 saturated heterocycles. The van der Waals surface area contributed by atoms with E-state index in [0.29, 0.717) is 56.2 Å². The largest absolute Gasteiger partial charge is 0.324 e. The van der Waals surface area contributed by atoms with Gasteiger partial charge in [0.2, 0.25) is 15.9 Å². The van der Waals surface area contributed by atoms with Crippen molar-refractivity contribution in [2.24, 2.45) is 5.92 Å². The van der Waals surface area contributed by atoms with E-state index < -0.39 is 26.1 Å². The van der Waals surface area contributed by atoms with Crippen LogP contribution in [0.1, 0.15) is 48.9 Å². The standard InChI is InChI=1S/C29H34N4O6S3/c1-41(36,37)31-16-12-20(13-17-31)14-18-32-24-11-10-23(21-6-4-7-22(27(21)24)29(32)35)30-28(34)25-8-2-3-15-33(25)42(38,39)26-9-5-19-40-26/h4-7,9-11,19-20,25H,2-3,8,12-18H2,1H3,(H,30,34). The number of nitrogens with zero attached hydrogens (tertiary/aromatic N) is 3. The number of hydrogen-bond acceptors (Lipinski definition) is 7. The summed E-state index contributed by atoms with van der Waals surface area (Å²) >= 11 is 1.14. The number of nitrogens with one attached hydrogen (secondary N) is 1. The van der Waals surface area contributed by atoms with Crippen LogP contribution in [0.3, 0.4) is 0 Å². The van der Waals surface area contributed by atoms with Crippen LogP contribution in [0.15, 0.2) is 52.1 Å². The zero-order valence-corrected chi connectivity index (χ0v) is 25.8. The molecule has 224 valence electrons. The minimum atomic E-state index is -3.78. The van der Waals surface area contributed by atoms with Crippen molar-refractivity contribution in [2.75, 3.05) is 42.7 Å². The van der Waals surface area contributed by atoms with Crippen molar-refractivity contribution in [2.45, 2.75) is 48.8 Å². The fraction of sp³-hybridized carbons (Fsp3) is 0.448. The summed E-state index contributed by atoms with van der Waals surface area (Å²) in [5, 5.41) is 6.21. The van der Waals surface area contributed by atoms with E-state index in [2.05, 4.69) is 5.32 Å². The summed E-state index contributed by atoms with van der Waals surface area (Å²) in [5.41, 5.74) is 1.91. The number of carbonyl (C=O) groups is 2. The highest BCUT2D eigenvalue weighted by molar-refractivity contribution is 7.91. The molecule has 0 spiro atoms. The number of hydrogen-bond donors (Lipinski definition) is 1. The molecule has 0 aliphatic carbocycles. The van der Waals surface area contributed by atoms with Crippen LogP contribution in [0.5, 0.6) is 0 Å². The number of sulfonamides is 2. The Morgan fingerprint density at radius 3 is 2.48 bits per heavy atom. The molecule has 1 atom stereocenters. The van der Waals surface area contributed by atoms with E-state index in [-0.39, 0.29) is 16.0 Å². The van der Waals surface area contributed by atoms with Gasteiger partial charge in [-0.15, -0.1) is 11.3 Å². The Labute approximate surface area is 250 Å². The third-order valence-electron chi connectivity index (χ3n) is 8.66. The summed E-state index contributed by atoms with van der Waals surface area (Å²) in [6, 6.07) is 11.5. The van der Waals surface area contributed by atoms with Crippen molar-refractivity contribution in [3.05, 3.63) is 53.4 Å². The quantitative estimate of drug-likeness (QED) is 0.400. The monoisotopic (exact) mass is 630 g/mol. The van der Waals surface area contributed by atoms with Gasteiger partial charge in [0.1, 0.15) is 10.3 Å². The van der Waals surface area contributed by atoms with Gasteiger partial charge in [0.25, 0.3) is 15.9 Å². The summed E-state index contributed by atoms with van der Waals surface area (Å²) in [6.07, 6.45) is 5.44. The maximum atomic E-state index is 13.6. The summed E-state index contributed by atoms with van der Waals surface area (Å²) in [6.45, 7) is 1.82. The first-order valence-electron chi connectivity index (χ1n) is 14.2. The number of amides is 2. The van der Waals surface area contributed by atoms with Gasteiger partial charge in [-0.1, -0.05) is 24.6 Å². The number of rotatable bonds is 8. The van der Waals surface area contributed by atoms with Gasteiger partial charge in [-0.3, -0.25) is 9.59 Å². The number of thiophene rings is 1. The molecule has 42 heavy (non-hydrogen) atoms. The van der Waals surface area contributed by atoms with E-state index in [0.717, 1.165) is 53.5 Å². The summed E-state index contributed by atoms with van der Waals surface area (Å²) in [5.74, 6) is -0.136. The average molecular weight is 631 g/mol. The highest BCUT2D eigenvalue weighted by Gasteiger charge is 2.39. The van der Waals surface area contributed by atoms with Crippen LogP contribution in [0.2, 0.25) is 0 Å². The molecular formula is C29H34N4O6S3. The van der Waals surface area contributed by atoms with Gasteiger partial charge in [-0.25, -0.2) is 21.1 Å². The molecule has 4 heterocycles. The molecule has 2 fully saturated rings. The van der Waals surface area contributed by atoms with Gasteiger partial charge in [-0.05, 0) is 67.7 Å². The lowest BCUT2D eigenvalue weighted by molar-refractivity contribution is -0.120. The Morgan fingerprint density at radius 1 is 0.976 bits per heavy atom. The Balaban J connectivity index is 1.20. The number of anilines is 2. The van der Waals surface area contributed by atoms with Crippen LogP contribution in [-0.4, -0.2) is 75.7 Å². The molecule has 1 aromatic heterocycles. The van der Waals surface area contributed by atoms with Crippen molar-refractivity contribution in [1.29, 1.82) is 0 Å². The fourth-order valence-corrected chi connectivity index (χ4v) is 10.1. The first kappa shape index (κ1) is 29.2. The Bertz CT molecular complexity index is 1730. The van der Waals surface area contributed by atoms with Gasteiger partial charge < -0.3 is 10.2 Å². The van der Waals surface area contributed by atoms with E-state index >= 15 is 0 Å². The van der Waals surface area contributed by atoms with Gasteiger partial charge in [0.15, 0.2) is 0 Å². The molecule has 0 saturated carbocycles. The van der Waals surface area contributed by atoms with E-state index in [1.54, 1.807) is 40.6 Å². The van der Waals surface area contributed by atoms with Gasteiger partial charge in [0.05, 0.1) is 11.9 Å². The van der Waals surface area contributed by atoms with Crippen LogP contribution >= 0.6 is 11.3 Å². The fourth-order valence-electron chi connectivity index (χ4n) is 6.41. The van der Waals surface area contributed by atoms with E-state index in [9.17, 15) is 26.4 Å². The molecule has 2 amide bonds.